The van der Waals surface area contributed by atoms with Crippen LogP contribution in [0.1, 0.15) is 25.0 Å². The number of hydrogen-bond donors (Lipinski definition) is 4. The van der Waals surface area contributed by atoms with Gasteiger partial charge in [0.15, 0.2) is 0 Å². The first kappa shape index (κ1) is 30.2. The van der Waals surface area contributed by atoms with Gasteiger partial charge in [-0.05, 0) is 24.0 Å². The van der Waals surface area contributed by atoms with Crippen LogP contribution in [0.4, 0.5) is 0 Å². The molecule has 2 aromatic carbocycles. The summed E-state index contributed by atoms with van der Waals surface area (Å²) < 4.78 is 0. The van der Waals surface area contributed by atoms with E-state index in [9.17, 15) is 0 Å². The molecule has 2 aromatic rings. The van der Waals surface area contributed by atoms with Crippen LogP contribution in [0.3, 0.4) is 0 Å². The van der Waals surface area contributed by atoms with Gasteiger partial charge in [0, 0.05) is 28.4 Å². The molecule has 0 aliphatic rings. The van der Waals surface area contributed by atoms with Crippen molar-refractivity contribution in [2.75, 3.05) is 28.4 Å². The first-order chi connectivity index (χ1) is 11.9. The summed E-state index contributed by atoms with van der Waals surface area (Å²) >= 11 is 0. The van der Waals surface area contributed by atoms with Crippen molar-refractivity contribution in [2.45, 2.75) is 26.7 Å². The number of aliphatic hydroxyl groups excluding tert-OH is 4. The van der Waals surface area contributed by atoms with E-state index in [1.165, 1.54) is 11.1 Å². The highest BCUT2D eigenvalue weighted by molar-refractivity contribution is 5.14. The average Bonchev–Trinajstić information content (AvgIpc) is 2.75. The Kier molecular flexibility index (Phi) is 41.5. The summed E-state index contributed by atoms with van der Waals surface area (Å²) in [6, 6.07) is 20.9. The fraction of sp³-hybridized carbons (Fsp3) is 0.400. The Bertz CT molecular complexity index is 338. The molecule has 0 amide bonds. The zero-order valence-electron chi connectivity index (χ0n) is 16.0. The van der Waals surface area contributed by atoms with E-state index in [-0.39, 0.29) is 0 Å². The molecule has 4 nitrogen and oxygen atoms in total. The largest absolute Gasteiger partial charge is 0.400 e. The predicted octanol–water partition coefficient (Wildman–Crippen LogP) is 2.93. The lowest BCUT2D eigenvalue weighted by Crippen LogP contribution is -1.73. The third kappa shape index (κ3) is 22.6. The van der Waals surface area contributed by atoms with Crippen LogP contribution < -0.4 is 0 Å². The van der Waals surface area contributed by atoms with Crippen molar-refractivity contribution in [2.24, 2.45) is 0 Å². The van der Waals surface area contributed by atoms with Crippen molar-refractivity contribution < 1.29 is 20.4 Å². The van der Waals surface area contributed by atoms with Crippen LogP contribution in [-0.2, 0) is 12.8 Å². The second-order valence-electron chi connectivity index (χ2n) is 3.68. The van der Waals surface area contributed by atoms with Gasteiger partial charge in [-0.3, -0.25) is 0 Å². The van der Waals surface area contributed by atoms with Gasteiger partial charge in [-0.25, -0.2) is 0 Å². The minimum absolute atomic E-state index is 1.00. The average molecular weight is 341 g/mol. The highest BCUT2D eigenvalue weighted by atomic mass is 16.2. The van der Waals surface area contributed by atoms with E-state index < -0.39 is 0 Å². The fourth-order valence-corrected chi connectivity index (χ4v) is 1.43. The molecule has 0 saturated carbocycles. The zero-order chi connectivity index (χ0) is 19.6. The summed E-state index contributed by atoms with van der Waals surface area (Å²) in [4.78, 5) is 0. The Balaban J connectivity index is -0.000000118. The van der Waals surface area contributed by atoms with E-state index in [0.29, 0.717) is 0 Å². The Morgan fingerprint density at radius 3 is 0.792 bits per heavy atom. The predicted molar refractivity (Wildman–Crippen MR) is 104 cm³/mol. The lowest BCUT2D eigenvalue weighted by atomic mass is 10.2. The van der Waals surface area contributed by atoms with E-state index >= 15 is 0 Å². The van der Waals surface area contributed by atoms with Gasteiger partial charge in [-0.2, -0.15) is 0 Å². The lowest BCUT2D eigenvalue weighted by molar-refractivity contribution is 0.399. The van der Waals surface area contributed by atoms with Crippen LogP contribution >= 0.6 is 0 Å². The van der Waals surface area contributed by atoms with E-state index in [1.54, 1.807) is 0 Å². The summed E-state index contributed by atoms with van der Waals surface area (Å²) in [6.45, 7) is 4.32. The van der Waals surface area contributed by atoms with Crippen LogP contribution in [0, 0.1) is 0 Å². The molecule has 2 rings (SSSR count). The second-order valence-corrected chi connectivity index (χ2v) is 3.68. The first-order valence-electron chi connectivity index (χ1n) is 7.73. The van der Waals surface area contributed by atoms with Crippen molar-refractivity contribution in [1.82, 2.24) is 0 Å². The van der Waals surface area contributed by atoms with Gasteiger partial charge in [-0.15, -0.1) is 0 Å². The molecular formula is C20H36O4. The Labute approximate surface area is 148 Å². The lowest BCUT2D eigenvalue weighted by Gasteiger charge is -1.89. The van der Waals surface area contributed by atoms with Gasteiger partial charge >= 0.3 is 0 Å². The minimum atomic E-state index is 1.00. The monoisotopic (exact) mass is 340 g/mol. The molecule has 0 fully saturated rings. The molecule has 140 valence electrons. The van der Waals surface area contributed by atoms with Gasteiger partial charge in [0.1, 0.15) is 0 Å². The number of aliphatic hydroxyl groups is 4. The summed E-state index contributed by atoms with van der Waals surface area (Å²) in [7, 11) is 4.00. The zero-order valence-corrected chi connectivity index (χ0v) is 16.0. The molecular weight excluding hydrogens is 304 g/mol. The van der Waals surface area contributed by atoms with Crippen molar-refractivity contribution in [3.63, 3.8) is 0 Å². The molecule has 0 unspecified atom stereocenters. The molecule has 0 spiro atoms. The molecule has 4 N–H and O–H groups in total. The molecule has 0 atom stereocenters. The van der Waals surface area contributed by atoms with E-state index in [4.69, 9.17) is 20.4 Å². The number of hydrogen-bond acceptors (Lipinski definition) is 4. The fourth-order valence-electron chi connectivity index (χ4n) is 1.43. The summed E-state index contributed by atoms with van der Waals surface area (Å²) in [5.74, 6) is 0. The molecule has 0 aliphatic carbocycles. The topological polar surface area (TPSA) is 80.9 Å². The molecule has 0 aromatic heterocycles. The van der Waals surface area contributed by atoms with Crippen molar-refractivity contribution in [1.29, 1.82) is 0 Å². The molecule has 0 bridgehead atoms. The molecule has 0 radical (unpaired) electrons. The SMILES string of the molecule is CCc1ccccc1.CCc1ccccc1.CO.CO.CO.CO. The standard InChI is InChI=1S/2C8H10.4CH4O/c2*1-2-8-6-4-3-5-7-8;4*1-2/h2*3-7H,2H2,1H3;4*2H,1H3. The smallest absolute Gasteiger partial charge is 0.0319 e. The van der Waals surface area contributed by atoms with Crippen LogP contribution in [0.25, 0.3) is 0 Å². The summed E-state index contributed by atoms with van der Waals surface area (Å²) in [5.41, 5.74) is 2.82. The molecule has 0 saturated heterocycles. The molecule has 24 heavy (non-hydrogen) atoms. The van der Waals surface area contributed by atoms with Crippen molar-refractivity contribution in [3.8, 4) is 0 Å². The Hall–Kier alpha value is -1.72. The first-order valence-corrected chi connectivity index (χ1v) is 7.73. The minimum Gasteiger partial charge on any atom is -0.400 e. The van der Waals surface area contributed by atoms with E-state index in [0.717, 1.165) is 41.3 Å². The van der Waals surface area contributed by atoms with Gasteiger partial charge in [0.05, 0.1) is 0 Å². The summed E-state index contributed by atoms with van der Waals surface area (Å²) in [5, 5.41) is 28.0. The number of rotatable bonds is 2. The number of benzene rings is 2. The highest BCUT2D eigenvalue weighted by Crippen LogP contribution is 1.97. The normalized spacial score (nSPS) is 7.08. The number of aryl methyl sites for hydroxylation is 2. The van der Waals surface area contributed by atoms with Gasteiger partial charge in [0.25, 0.3) is 0 Å². The second kappa shape index (κ2) is 33.0. The van der Waals surface area contributed by atoms with Crippen LogP contribution in [0.2, 0.25) is 0 Å². The highest BCUT2D eigenvalue weighted by Gasteiger charge is 1.80. The van der Waals surface area contributed by atoms with Crippen molar-refractivity contribution >= 4 is 0 Å². The maximum absolute atomic E-state index is 7.00. The van der Waals surface area contributed by atoms with Crippen LogP contribution in [-0.4, -0.2) is 48.9 Å². The quantitative estimate of drug-likeness (QED) is 0.677. The molecule has 0 aliphatic heterocycles. The maximum Gasteiger partial charge on any atom is 0.0319 e. The van der Waals surface area contributed by atoms with Crippen LogP contribution in [0.5, 0.6) is 0 Å². The molecule has 4 heteroatoms. The Morgan fingerprint density at radius 2 is 0.667 bits per heavy atom. The van der Waals surface area contributed by atoms with Gasteiger partial charge in [-0.1, -0.05) is 74.5 Å². The Morgan fingerprint density at radius 1 is 0.458 bits per heavy atom. The summed E-state index contributed by atoms with van der Waals surface area (Å²) in [6.07, 6.45) is 2.28. The third-order valence-electron chi connectivity index (χ3n) is 2.50. The van der Waals surface area contributed by atoms with Crippen LogP contribution in [0.15, 0.2) is 60.7 Å². The third-order valence-corrected chi connectivity index (χ3v) is 2.50. The maximum atomic E-state index is 7.00. The van der Waals surface area contributed by atoms with Crippen molar-refractivity contribution in [3.05, 3.63) is 71.8 Å². The van der Waals surface area contributed by atoms with Gasteiger partial charge in [0.2, 0.25) is 0 Å². The molecule has 0 heterocycles. The van der Waals surface area contributed by atoms with Gasteiger partial charge < -0.3 is 20.4 Å². The van der Waals surface area contributed by atoms with E-state index in [1.807, 2.05) is 12.1 Å². The van der Waals surface area contributed by atoms with E-state index in [2.05, 4.69) is 62.4 Å².